The summed E-state index contributed by atoms with van der Waals surface area (Å²) in [6.45, 7) is 6.03. The molecular weight excluding hydrogens is 286 g/mol. The first kappa shape index (κ1) is 17.1. The van der Waals surface area contributed by atoms with Crippen molar-refractivity contribution in [2.24, 2.45) is 0 Å². The van der Waals surface area contributed by atoms with Crippen molar-refractivity contribution >= 4 is 5.91 Å². The van der Waals surface area contributed by atoms with Crippen LogP contribution < -0.4 is 10.1 Å². The van der Waals surface area contributed by atoms with Crippen molar-refractivity contribution in [2.75, 3.05) is 0 Å². The first-order valence-corrected chi connectivity index (χ1v) is 8.08. The second-order valence-corrected chi connectivity index (χ2v) is 6.36. The van der Waals surface area contributed by atoms with Crippen molar-refractivity contribution in [3.8, 4) is 5.75 Å². The zero-order chi connectivity index (χ0) is 16.7. The molecule has 2 aromatic rings. The molecule has 0 radical (unpaired) electrons. The van der Waals surface area contributed by atoms with E-state index in [-0.39, 0.29) is 11.4 Å². The van der Waals surface area contributed by atoms with E-state index in [9.17, 15) is 4.79 Å². The molecule has 0 saturated heterocycles. The van der Waals surface area contributed by atoms with Crippen molar-refractivity contribution in [1.29, 1.82) is 0 Å². The van der Waals surface area contributed by atoms with Gasteiger partial charge in [0.15, 0.2) is 6.10 Å². The molecule has 1 amide bonds. The van der Waals surface area contributed by atoms with Gasteiger partial charge in [0.25, 0.3) is 5.91 Å². The van der Waals surface area contributed by atoms with Crippen LogP contribution in [0.1, 0.15) is 32.8 Å². The summed E-state index contributed by atoms with van der Waals surface area (Å²) in [6.07, 6.45) is 0.927. The fourth-order valence-electron chi connectivity index (χ4n) is 2.55. The zero-order valence-electron chi connectivity index (χ0n) is 14.1. The highest BCUT2D eigenvalue weighted by Crippen LogP contribution is 2.16. The third kappa shape index (κ3) is 5.44. The summed E-state index contributed by atoms with van der Waals surface area (Å²) in [7, 11) is 0. The van der Waals surface area contributed by atoms with Crippen LogP contribution >= 0.6 is 0 Å². The number of hydrogen-bond acceptors (Lipinski definition) is 2. The highest BCUT2D eigenvalue weighted by Gasteiger charge is 2.26. The smallest absolute Gasteiger partial charge is 0.261 e. The molecule has 0 aliphatic heterocycles. The van der Waals surface area contributed by atoms with E-state index in [1.807, 2.05) is 69.3 Å². The summed E-state index contributed by atoms with van der Waals surface area (Å²) < 4.78 is 5.81. The highest BCUT2D eigenvalue weighted by atomic mass is 16.5. The second kappa shape index (κ2) is 7.82. The molecule has 0 unspecified atom stereocenters. The van der Waals surface area contributed by atoms with Crippen LogP contribution in [0.2, 0.25) is 0 Å². The van der Waals surface area contributed by atoms with Gasteiger partial charge in [-0.25, -0.2) is 0 Å². The fourth-order valence-corrected chi connectivity index (χ4v) is 2.55. The van der Waals surface area contributed by atoms with Gasteiger partial charge in [-0.1, -0.05) is 55.5 Å². The maximum Gasteiger partial charge on any atom is 0.261 e. The standard InChI is InChI=1S/C20H25NO2/c1-4-18(23-17-13-9-6-10-14-17)19(22)21-20(2,3)15-16-11-7-5-8-12-16/h5-14,18H,4,15H2,1-3H3,(H,21,22)/t18-/m0/s1. The van der Waals surface area contributed by atoms with Gasteiger partial charge in [0.05, 0.1) is 0 Å². The number of amides is 1. The maximum atomic E-state index is 12.5. The van der Waals surface area contributed by atoms with Gasteiger partial charge in [-0.15, -0.1) is 0 Å². The van der Waals surface area contributed by atoms with Gasteiger partial charge in [-0.3, -0.25) is 4.79 Å². The number of carbonyl (C=O) groups is 1. The Hall–Kier alpha value is -2.29. The Morgan fingerprint density at radius 1 is 1.04 bits per heavy atom. The third-order valence-corrected chi connectivity index (χ3v) is 3.64. The van der Waals surface area contributed by atoms with Gasteiger partial charge in [-0.05, 0) is 44.4 Å². The molecule has 2 aromatic carbocycles. The van der Waals surface area contributed by atoms with E-state index in [4.69, 9.17) is 4.74 Å². The van der Waals surface area contributed by atoms with Crippen LogP contribution in [0, 0.1) is 0 Å². The van der Waals surface area contributed by atoms with Crippen LogP contribution in [0.15, 0.2) is 60.7 Å². The summed E-state index contributed by atoms with van der Waals surface area (Å²) >= 11 is 0. The van der Waals surface area contributed by atoms with Gasteiger partial charge >= 0.3 is 0 Å². The Morgan fingerprint density at radius 3 is 2.17 bits per heavy atom. The van der Waals surface area contributed by atoms with E-state index >= 15 is 0 Å². The minimum Gasteiger partial charge on any atom is -0.481 e. The highest BCUT2D eigenvalue weighted by molar-refractivity contribution is 5.81. The predicted molar refractivity (Wildman–Crippen MR) is 93.5 cm³/mol. The molecule has 3 nitrogen and oxygen atoms in total. The number of benzene rings is 2. The van der Waals surface area contributed by atoms with E-state index in [1.54, 1.807) is 0 Å². The summed E-state index contributed by atoms with van der Waals surface area (Å²) in [5.74, 6) is 0.646. The Kier molecular flexibility index (Phi) is 5.80. The molecular formula is C20H25NO2. The average molecular weight is 311 g/mol. The van der Waals surface area contributed by atoms with E-state index in [1.165, 1.54) is 5.56 Å². The molecule has 3 heteroatoms. The quantitative estimate of drug-likeness (QED) is 0.840. The topological polar surface area (TPSA) is 38.3 Å². The van der Waals surface area contributed by atoms with Crippen molar-refractivity contribution in [3.63, 3.8) is 0 Å². The summed E-state index contributed by atoms with van der Waals surface area (Å²) in [5.41, 5.74) is 0.876. The Labute approximate surface area is 138 Å². The lowest BCUT2D eigenvalue weighted by molar-refractivity contribution is -0.129. The molecule has 0 bridgehead atoms. The summed E-state index contributed by atoms with van der Waals surface area (Å²) in [4.78, 5) is 12.5. The van der Waals surface area contributed by atoms with Crippen LogP contribution in [0.4, 0.5) is 0 Å². The molecule has 122 valence electrons. The SMILES string of the molecule is CC[C@H](Oc1ccccc1)C(=O)NC(C)(C)Cc1ccccc1. The number of nitrogens with one attached hydrogen (secondary N) is 1. The predicted octanol–water partition coefficient (Wildman–Crippen LogP) is 3.98. The molecule has 0 fully saturated rings. The normalized spacial score (nSPS) is 12.5. The lowest BCUT2D eigenvalue weighted by Crippen LogP contribution is -2.50. The zero-order valence-corrected chi connectivity index (χ0v) is 14.1. The molecule has 0 aliphatic carbocycles. The van der Waals surface area contributed by atoms with Gasteiger partial charge in [-0.2, -0.15) is 0 Å². The van der Waals surface area contributed by atoms with Gasteiger partial charge in [0, 0.05) is 5.54 Å². The molecule has 0 heterocycles. The largest absolute Gasteiger partial charge is 0.481 e. The van der Waals surface area contributed by atoms with Crippen LogP contribution in [-0.2, 0) is 11.2 Å². The van der Waals surface area contributed by atoms with Crippen LogP contribution in [0.3, 0.4) is 0 Å². The number of rotatable bonds is 7. The van der Waals surface area contributed by atoms with Crippen molar-refractivity contribution in [1.82, 2.24) is 5.32 Å². The van der Waals surface area contributed by atoms with E-state index in [0.717, 1.165) is 12.2 Å². The van der Waals surface area contributed by atoms with Crippen LogP contribution in [0.5, 0.6) is 5.75 Å². The fraction of sp³-hybridized carbons (Fsp3) is 0.350. The van der Waals surface area contributed by atoms with Crippen molar-refractivity contribution in [2.45, 2.75) is 45.3 Å². The van der Waals surface area contributed by atoms with Gasteiger partial charge in [0.2, 0.25) is 0 Å². The Morgan fingerprint density at radius 2 is 1.61 bits per heavy atom. The van der Waals surface area contributed by atoms with Crippen molar-refractivity contribution in [3.05, 3.63) is 66.2 Å². The monoisotopic (exact) mass is 311 g/mol. The molecule has 2 rings (SSSR count). The lowest BCUT2D eigenvalue weighted by atomic mass is 9.94. The first-order valence-electron chi connectivity index (χ1n) is 8.08. The van der Waals surface area contributed by atoms with Gasteiger partial charge < -0.3 is 10.1 Å². The molecule has 1 atom stereocenters. The Balaban J connectivity index is 1.97. The minimum atomic E-state index is -0.479. The number of carbonyl (C=O) groups excluding carboxylic acids is 1. The third-order valence-electron chi connectivity index (χ3n) is 3.64. The lowest BCUT2D eigenvalue weighted by Gasteiger charge is -2.29. The molecule has 0 spiro atoms. The molecule has 0 aromatic heterocycles. The second-order valence-electron chi connectivity index (χ2n) is 6.36. The summed E-state index contributed by atoms with van der Waals surface area (Å²) in [5, 5.41) is 3.11. The van der Waals surface area contributed by atoms with Gasteiger partial charge in [0.1, 0.15) is 5.75 Å². The molecule has 0 saturated carbocycles. The van der Waals surface area contributed by atoms with E-state index in [0.29, 0.717) is 6.42 Å². The maximum absolute atomic E-state index is 12.5. The average Bonchev–Trinajstić information content (AvgIpc) is 2.53. The van der Waals surface area contributed by atoms with Crippen LogP contribution in [0.25, 0.3) is 0 Å². The number of ether oxygens (including phenoxy) is 1. The molecule has 23 heavy (non-hydrogen) atoms. The first-order chi connectivity index (χ1) is 11.0. The van der Waals surface area contributed by atoms with Crippen LogP contribution in [-0.4, -0.2) is 17.6 Å². The number of hydrogen-bond donors (Lipinski definition) is 1. The molecule has 1 N–H and O–H groups in total. The summed E-state index contributed by atoms with van der Waals surface area (Å²) in [6, 6.07) is 19.6. The number of para-hydroxylation sites is 1. The van der Waals surface area contributed by atoms with E-state index in [2.05, 4.69) is 17.4 Å². The van der Waals surface area contributed by atoms with Crippen molar-refractivity contribution < 1.29 is 9.53 Å². The van der Waals surface area contributed by atoms with E-state index < -0.39 is 6.10 Å². The minimum absolute atomic E-state index is 0.0720. The Bertz CT molecular complexity index is 608. The molecule has 0 aliphatic rings.